The van der Waals surface area contributed by atoms with Crippen LogP contribution in [0.2, 0.25) is 0 Å². The van der Waals surface area contributed by atoms with Gasteiger partial charge < -0.3 is 24.5 Å². The Balaban J connectivity index is 1.21. The van der Waals surface area contributed by atoms with E-state index in [0.717, 1.165) is 29.5 Å². The Morgan fingerprint density at radius 1 is 1.02 bits per heavy atom. The summed E-state index contributed by atoms with van der Waals surface area (Å²) in [5.74, 6) is 0.207. The molecule has 0 bridgehead atoms. The molecule has 4 atom stereocenters. The molecule has 1 unspecified atom stereocenters. The lowest BCUT2D eigenvalue weighted by atomic mass is 10.1. The third-order valence-corrected chi connectivity index (χ3v) is 9.08. The molecular formula is C33H35N4O8P. The minimum absolute atomic E-state index is 0.0179. The average Bonchev–Trinajstić information content (AvgIpc) is 3.81. The van der Waals surface area contributed by atoms with Gasteiger partial charge in [-0.1, -0.05) is 72.8 Å². The number of anilines is 1. The van der Waals surface area contributed by atoms with E-state index in [1.165, 1.54) is 16.8 Å². The number of benzene rings is 3. The number of esters is 1. The first-order valence-electron chi connectivity index (χ1n) is 15.0. The van der Waals surface area contributed by atoms with Gasteiger partial charge in [-0.3, -0.25) is 13.9 Å². The molecule has 1 aromatic heterocycles. The summed E-state index contributed by atoms with van der Waals surface area (Å²) in [6.45, 7) is -0.284. The van der Waals surface area contributed by atoms with E-state index in [0.29, 0.717) is 11.7 Å². The van der Waals surface area contributed by atoms with Gasteiger partial charge in [-0.2, -0.15) is 10.1 Å². The molecule has 0 spiro atoms. The molecule has 3 N–H and O–H groups in total. The molecule has 240 valence electrons. The van der Waals surface area contributed by atoms with E-state index in [2.05, 4.69) is 10.1 Å². The van der Waals surface area contributed by atoms with E-state index in [1.807, 2.05) is 78.9 Å². The summed E-state index contributed by atoms with van der Waals surface area (Å²) in [5.41, 5.74) is 7.69. The fourth-order valence-electron chi connectivity index (χ4n) is 5.00. The molecule has 0 amide bonds. The largest absolute Gasteiger partial charge is 0.460 e. The number of ether oxygens (including phenoxy) is 3. The van der Waals surface area contributed by atoms with Crippen molar-refractivity contribution in [3.63, 3.8) is 0 Å². The van der Waals surface area contributed by atoms with Crippen molar-refractivity contribution in [1.29, 1.82) is 0 Å². The predicted molar refractivity (Wildman–Crippen MR) is 169 cm³/mol. The fraction of sp³-hybridized carbons (Fsp3) is 0.303. The van der Waals surface area contributed by atoms with Gasteiger partial charge >= 0.3 is 19.4 Å². The number of carbonyl (C=O) groups is 1. The lowest BCUT2D eigenvalue weighted by Crippen LogP contribution is -2.40. The molecule has 6 rings (SSSR count). The van der Waals surface area contributed by atoms with Crippen LogP contribution in [0.1, 0.15) is 41.7 Å². The third-order valence-electron chi connectivity index (χ3n) is 7.51. The number of nitrogens with two attached hydrogens (primary N) is 1. The maximum Gasteiger partial charge on any atom is 0.459 e. The summed E-state index contributed by atoms with van der Waals surface area (Å²) >= 11 is 0. The minimum Gasteiger partial charge on any atom is -0.460 e. The molecule has 1 aliphatic carbocycles. The van der Waals surface area contributed by atoms with Crippen molar-refractivity contribution in [2.75, 3.05) is 18.9 Å². The maximum absolute atomic E-state index is 14.5. The van der Waals surface area contributed by atoms with Crippen molar-refractivity contribution in [2.24, 2.45) is 0 Å². The van der Waals surface area contributed by atoms with Crippen LogP contribution >= 0.6 is 7.75 Å². The zero-order valence-corrected chi connectivity index (χ0v) is 25.9. The van der Waals surface area contributed by atoms with E-state index < -0.39 is 38.0 Å². The topological polar surface area (TPSA) is 153 Å². The van der Waals surface area contributed by atoms with Crippen LogP contribution in [-0.2, 0) is 41.1 Å². The van der Waals surface area contributed by atoms with E-state index >= 15 is 0 Å². The van der Waals surface area contributed by atoms with Crippen LogP contribution in [-0.4, -0.2) is 41.1 Å². The molecule has 0 radical (unpaired) electrons. The Hall–Kier alpha value is -4.32. The van der Waals surface area contributed by atoms with Crippen molar-refractivity contribution >= 4 is 19.5 Å². The number of nitrogens with zero attached hydrogens (tertiary/aromatic N) is 2. The molecular weight excluding hydrogens is 611 g/mol. The zero-order valence-electron chi connectivity index (χ0n) is 25.0. The average molecular weight is 647 g/mol. The molecule has 1 aliphatic heterocycles. The second-order valence-electron chi connectivity index (χ2n) is 11.1. The Morgan fingerprint density at radius 2 is 1.76 bits per heavy atom. The van der Waals surface area contributed by atoms with Crippen LogP contribution in [0.15, 0.2) is 102 Å². The van der Waals surface area contributed by atoms with Gasteiger partial charge in [-0.25, -0.2) is 9.36 Å². The van der Waals surface area contributed by atoms with Crippen molar-refractivity contribution in [3.05, 3.63) is 124 Å². The SMILES string of the molecule is Nc1ccn([C@@H]2CO[C@H](COP(=O)(N[C@@H](Cc3ccccc3)C(=O)OCc3ccccc3)Oc3cccc(C4CC4)c3)O2)c(=O)n1. The second kappa shape index (κ2) is 14.4. The first-order valence-corrected chi connectivity index (χ1v) is 16.6. The van der Waals surface area contributed by atoms with Gasteiger partial charge in [-0.05, 0) is 60.1 Å². The Bertz CT molecular complexity index is 1730. The Morgan fingerprint density at radius 3 is 2.48 bits per heavy atom. The molecule has 46 heavy (non-hydrogen) atoms. The van der Waals surface area contributed by atoms with E-state index in [9.17, 15) is 14.2 Å². The summed E-state index contributed by atoms with van der Waals surface area (Å²) in [7, 11) is -4.28. The first-order chi connectivity index (χ1) is 22.3. The summed E-state index contributed by atoms with van der Waals surface area (Å²) < 4.78 is 44.8. The highest BCUT2D eigenvalue weighted by molar-refractivity contribution is 7.52. The molecule has 3 aromatic carbocycles. The number of hydrogen-bond donors (Lipinski definition) is 2. The highest BCUT2D eigenvalue weighted by Gasteiger charge is 2.38. The molecule has 2 heterocycles. The smallest absolute Gasteiger partial charge is 0.459 e. The van der Waals surface area contributed by atoms with Crippen molar-refractivity contribution in [2.45, 2.75) is 50.3 Å². The second-order valence-corrected chi connectivity index (χ2v) is 12.8. The molecule has 4 aromatic rings. The summed E-state index contributed by atoms with van der Waals surface area (Å²) in [6, 6.07) is 26.3. The van der Waals surface area contributed by atoms with Gasteiger partial charge in [0.15, 0.2) is 12.5 Å². The van der Waals surface area contributed by atoms with Gasteiger partial charge in [0, 0.05) is 6.20 Å². The number of hydrogen-bond acceptors (Lipinski definition) is 10. The van der Waals surface area contributed by atoms with Crippen molar-refractivity contribution < 1.29 is 32.6 Å². The molecule has 1 saturated carbocycles. The Kier molecular flexibility index (Phi) is 9.91. The number of nitrogens with one attached hydrogen (secondary N) is 1. The minimum atomic E-state index is -4.28. The van der Waals surface area contributed by atoms with Crippen LogP contribution in [0, 0.1) is 0 Å². The van der Waals surface area contributed by atoms with E-state index in [1.54, 1.807) is 6.07 Å². The number of aromatic nitrogens is 2. The highest BCUT2D eigenvalue weighted by atomic mass is 31.2. The summed E-state index contributed by atoms with van der Waals surface area (Å²) in [5, 5.41) is 2.86. The van der Waals surface area contributed by atoms with Crippen LogP contribution in [0.3, 0.4) is 0 Å². The van der Waals surface area contributed by atoms with Crippen LogP contribution in [0.5, 0.6) is 5.75 Å². The molecule has 13 heteroatoms. The van der Waals surface area contributed by atoms with Crippen molar-refractivity contribution in [3.8, 4) is 5.75 Å². The van der Waals surface area contributed by atoms with Gasteiger partial charge in [0.25, 0.3) is 0 Å². The van der Waals surface area contributed by atoms with Gasteiger partial charge in [0.05, 0.1) is 6.61 Å². The maximum atomic E-state index is 14.5. The Labute approximate surface area is 266 Å². The standard InChI is InChI=1S/C33H35N4O8P/c34-29-16-17-37(33(39)35-29)30-21-41-31(44-30)22-43-46(40,45-27-13-7-12-26(19-27)25-14-15-25)36-28(18-23-8-3-1-4-9-23)32(38)42-20-24-10-5-2-6-11-24/h1-13,16-17,19,25,28,30-31H,14-15,18,20-22H2,(H,36,40)(H2,34,35,39)/t28-,30-,31-,46?/m0/s1. The van der Waals surface area contributed by atoms with Gasteiger partial charge in [-0.15, -0.1) is 0 Å². The zero-order chi connectivity index (χ0) is 31.9. The number of rotatable bonds is 14. The van der Waals surface area contributed by atoms with Crippen molar-refractivity contribution in [1.82, 2.24) is 14.6 Å². The monoisotopic (exact) mass is 646 g/mol. The van der Waals surface area contributed by atoms with Crippen LogP contribution in [0.4, 0.5) is 5.82 Å². The predicted octanol–water partition coefficient (Wildman–Crippen LogP) is 4.72. The highest BCUT2D eigenvalue weighted by Crippen LogP contribution is 2.47. The normalized spacial score (nSPS) is 19.7. The van der Waals surface area contributed by atoms with Gasteiger partial charge in [0.2, 0.25) is 0 Å². The van der Waals surface area contributed by atoms with E-state index in [4.69, 9.17) is 29.0 Å². The van der Waals surface area contributed by atoms with E-state index in [-0.39, 0.29) is 32.1 Å². The fourth-order valence-corrected chi connectivity index (χ4v) is 6.47. The van der Waals surface area contributed by atoms with Crippen LogP contribution in [0.25, 0.3) is 0 Å². The van der Waals surface area contributed by atoms with Gasteiger partial charge in [0.1, 0.15) is 30.8 Å². The quantitative estimate of drug-likeness (QED) is 0.145. The first kappa shape index (κ1) is 31.7. The molecule has 2 aliphatic rings. The third kappa shape index (κ3) is 8.48. The lowest BCUT2D eigenvalue weighted by molar-refractivity contribution is -0.147. The lowest BCUT2D eigenvalue weighted by Gasteiger charge is -2.26. The van der Waals surface area contributed by atoms with Crippen LogP contribution < -0.4 is 21.0 Å². The number of nitrogen functional groups attached to an aromatic ring is 1. The molecule has 12 nitrogen and oxygen atoms in total. The molecule has 1 saturated heterocycles. The summed E-state index contributed by atoms with van der Waals surface area (Å²) in [6.07, 6.45) is 1.97. The molecule has 2 fully saturated rings. The summed E-state index contributed by atoms with van der Waals surface area (Å²) in [4.78, 5) is 29.5. The number of carbonyl (C=O) groups excluding carboxylic acids is 1.